The lowest BCUT2D eigenvalue weighted by Crippen LogP contribution is -2.57. The Morgan fingerprint density at radius 3 is 2.12 bits per heavy atom. The van der Waals surface area contributed by atoms with Crippen LogP contribution in [0.15, 0.2) is 30.3 Å². The van der Waals surface area contributed by atoms with Gasteiger partial charge in [-0.2, -0.15) is 0 Å². The first kappa shape index (κ1) is 18.0. The summed E-state index contributed by atoms with van der Waals surface area (Å²) >= 11 is 0. The SMILES string of the molecule is OB(O)C1(OB(OC2CCCCC2)c2ccccc2)CCCCC1. The Bertz CT molecular complexity index is 485. The second kappa shape index (κ2) is 8.52. The van der Waals surface area contributed by atoms with Crippen LogP contribution in [0.1, 0.15) is 64.2 Å². The van der Waals surface area contributed by atoms with Crippen molar-refractivity contribution < 1.29 is 19.4 Å². The summed E-state index contributed by atoms with van der Waals surface area (Å²) in [6.07, 6.45) is 10.4. The largest absolute Gasteiger partial charge is 0.494 e. The lowest BCUT2D eigenvalue weighted by Gasteiger charge is -2.39. The molecule has 2 aliphatic rings. The maximum absolute atomic E-state index is 10.0. The van der Waals surface area contributed by atoms with Crippen molar-refractivity contribution in [2.24, 2.45) is 0 Å². The Kier molecular flexibility index (Phi) is 6.39. The molecule has 6 heteroatoms. The van der Waals surface area contributed by atoms with Crippen LogP contribution in [0.4, 0.5) is 0 Å². The topological polar surface area (TPSA) is 58.9 Å². The number of rotatable bonds is 6. The van der Waals surface area contributed by atoms with Gasteiger partial charge in [-0.25, -0.2) is 0 Å². The van der Waals surface area contributed by atoms with Crippen LogP contribution in [0.3, 0.4) is 0 Å². The van der Waals surface area contributed by atoms with Crippen molar-refractivity contribution in [3.05, 3.63) is 30.3 Å². The quantitative estimate of drug-likeness (QED) is 0.787. The first-order chi connectivity index (χ1) is 11.7. The van der Waals surface area contributed by atoms with Gasteiger partial charge in [-0.05, 0) is 31.1 Å². The van der Waals surface area contributed by atoms with Crippen LogP contribution >= 0.6 is 0 Å². The van der Waals surface area contributed by atoms with E-state index in [9.17, 15) is 10.0 Å². The van der Waals surface area contributed by atoms with E-state index in [0.29, 0.717) is 12.8 Å². The smallest absolute Gasteiger partial charge is 0.425 e. The van der Waals surface area contributed by atoms with Crippen LogP contribution in [-0.2, 0) is 9.31 Å². The summed E-state index contributed by atoms with van der Waals surface area (Å²) in [6, 6.07) is 9.90. The highest BCUT2D eigenvalue weighted by molar-refractivity contribution is 6.62. The summed E-state index contributed by atoms with van der Waals surface area (Å²) in [4.78, 5) is 0. The zero-order valence-electron chi connectivity index (χ0n) is 14.4. The zero-order chi connectivity index (χ0) is 16.8. The molecular formula is C18H28B2O4. The van der Waals surface area contributed by atoms with Crippen LogP contribution in [-0.4, -0.2) is 35.9 Å². The molecule has 0 heterocycles. The molecule has 0 amide bonds. The summed E-state index contributed by atoms with van der Waals surface area (Å²) in [5, 5.41) is 20.0. The highest BCUT2D eigenvalue weighted by Gasteiger charge is 2.47. The van der Waals surface area contributed by atoms with Gasteiger partial charge in [-0.1, -0.05) is 68.9 Å². The van der Waals surface area contributed by atoms with Gasteiger partial charge in [0.15, 0.2) is 0 Å². The Morgan fingerprint density at radius 2 is 1.50 bits per heavy atom. The fraction of sp³-hybridized carbons (Fsp3) is 0.667. The van der Waals surface area contributed by atoms with Crippen molar-refractivity contribution in [2.75, 3.05) is 0 Å². The van der Waals surface area contributed by atoms with Crippen LogP contribution in [0.5, 0.6) is 0 Å². The average Bonchev–Trinajstić information content (AvgIpc) is 2.63. The minimum Gasteiger partial charge on any atom is -0.425 e. The van der Waals surface area contributed by atoms with E-state index in [1.54, 1.807) is 0 Å². The van der Waals surface area contributed by atoms with Gasteiger partial charge in [-0.3, -0.25) is 0 Å². The molecule has 3 rings (SSSR count). The molecule has 0 unspecified atom stereocenters. The predicted octanol–water partition coefficient (Wildman–Crippen LogP) is 2.46. The molecule has 2 fully saturated rings. The van der Waals surface area contributed by atoms with Crippen molar-refractivity contribution in [1.82, 2.24) is 0 Å². The van der Waals surface area contributed by atoms with Crippen molar-refractivity contribution in [3.63, 3.8) is 0 Å². The molecule has 0 aliphatic heterocycles. The second-order valence-corrected chi connectivity index (χ2v) is 7.26. The first-order valence-corrected chi connectivity index (χ1v) is 9.44. The van der Waals surface area contributed by atoms with Gasteiger partial charge in [0.05, 0.1) is 5.50 Å². The minimum absolute atomic E-state index is 0.195. The standard InChI is InChI=1S/C18H28B2O4/c21-20(22)18(14-8-3-9-15-18)24-19(16-10-4-1-5-11-16)23-17-12-6-2-7-13-17/h1,4-5,10-11,17,21-22H,2-3,6-9,12-15H2. The van der Waals surface area contributed by atoms with E-state index in [0.717, 1.165) is 37.6 Å². The zero-order valence-corrected chi connectivity index (χ0v) is 14.4. The normalized spacial score (nSPS) is 21.4. The Labute approximate surface area is 145 Å². The maximum Gasteiger partial charge on any atom is 0.494 e. The first-order valence-electron chi connectivity index (χ1n) is 9.44. The van der Waals surface area contributed by atoms with E-state index in [2.05, 4.69) is 0 Å². The predicted molar refractivity (Wildman–Crippen MR) is 96.9 cm³/mol. The molecule has 0 spiro atoms. The summed E-state index contributed by atoms with van der Waals surface area (Å²) in [5.74, 6) is 0. The molecule has 2 N–H and O–H groups in total. The highest BCUT2D eigenvalue weighted by atomic mass is 16.6. The second-order valence-electron chi connectivity index (χ2n) is 7.26. The van der Waals surface area contributed by atoms with Gasteiger partial charge in [0.1, 0.15) is 0 Å². The van der Waals surface area contributed by atoms with Gasteiger partial charge < -0.3 is 19.4 Å². The van der Waals surface area contributed by atoms with Crippen molar-refractivity contribution in [2.45, 2.75) is 75.8 Å². The third-order valence-electron chi connectivity index (χ3n) is 5.45. The van der Waals surface area contributed by atoms with Gasteiger partial charge in [0.25, 0.3) is 0 Å². The fourth-order valence-corrected chi connectivity index (χ4v) is 3.96. The molecular weight excluding hydrogens is 302 g/mol. The van der Waals surface area contributed by atoms with E-state index >= 15 is 0 Å². The number of hydrogen-bond donors (Lipinski definition) is 2. The molecule has 2 aliphatic carbocycles. The monoisotopic (exact) mass is 330 g/mol. The minimum atomic E-state index is -1.47. The third-order valence-corrected chi connectivity index (χ3v) is 5.45. The van der Waals surface area contributed by atoms with Crippen LogP contribution in [0, 0.1) is 0 Å². The van der Waals surface area contributed by atoms with Gasteiger partial charge in [-0.15, -0.1) is 0 Å². The van der Waals surface area contributed by atoms with Gasteiger partial charge in [0, 0.05) is 6.10 Å². The summed E-state index contributed by atoms with van der Waals surface area (Å²) in [6.45, 7) is 0. The highest BCUT2D eigenvalue weighted by Crippen LogP contribution is 2.34. The van der Waals surface area contributed by atoms with E-state index in [-0.39, 0.29) is 6.10 Å². The number of benzene rings is 1. The van der Waals surface area contributed by atoms with Crippen LogP contribution in [0.2, 0.25) is 0 Å². The van der Waals surface area contributed by atoms with E-state index in [4.69, 9.17) is 9.31 Å². The number of hydrogen-bond acceptors (Lipinski definition) is 4. The lowest BCUT2D eigenvalue weighted by molar-refractivity contribution is 0.0260. The molecule has 4 nitrogen and oxygen atoms in total. The Hall–Kier alpha value is -0.810. The van der Waals surface area contributed by atoms with Crippen LogP contribution in [0.25, 0.3) is 0 Å². The third kappa shape index (κ3) is 4.42. The van der Waals surface area contributed by atoms with Crippen molar-refractivity contribution >= 4 is 19.7 Å². The fourth-order valence-electron chi connectivity index (χ4n) is 3.96. The molecule has 2 saturated carbocycles. The molecule has 0 saturated heterocycles. The summed E-state index contributed by atoms with van der Waals surface area (Å²) in [7, 11) is -2.01. The molecule has 1 aromatic rings. The lowest BCUT2D eigenvalue weighted by atomic mass is 9.58. The molecule has 0 aromatic heterocycles. The van der Waals surface area contributed by atoms with E-state index < -0.39 is 19.7 Å². The molecule has 130 valence electrons. The maximum atomic E-state index is 10.0. The molecule has 24 heavy (non-hydrogen) atoms. The van der Waals surface area contributed by atoms with E-state index in [1.165, 1.54) is 19.3 Å². The molecule has 0 bridgehead atoms. The van der Waals surface area contributed by atoms with Gasteiger partial charge >= 0.3 is 14.2 Å². The van der Waals surface area contributed by atoms with E-state index in [1.807, 2.05) is 30.3 Å². The molecule has 1 aromatic carbocycles. The van der Waals surface area contributed by atoms with Crippen molar-refractivity contribution in [3.8, 4) is 0 Å². The summed E-state index contributed by atoms with van der Waals surface area (Å²) < 4.78 is 12.6. The molecule has 0 atom stereocenters. The Morgan fingerprint density at radius 1 is 0.875 bits per heavy atom. The summed E-state index contributed by atoms with van der Waals surface area (Å²) in [5.41, 5.74) is 0.0432. The van der Waals surface area contributed by atoms with Crippen LogP contribution < -0.4 is 5.46 Å². The van der Waals surface area contributed by atoms with Crippen molar-refractivity contribution in [1.29, 1.82) is 0 Å². The Balaban J connectivity index is 1.77. The molecule has 0 radical (unpaired) electrons. The van der Waals surface area contributed by atoms with Gasteiger partial charge in [0.2, 0.25) is 0 Å². The average molecular weight is 330 g/mol.